The number of amides is 1. The lowest BCUT2D eigenvalue weighted by Crippen LogP contribution is -2.66. The molecule has 3 saturated heterocycles. The molecule has 3 fully saturated rings. The van der Waals surface area contributed by atoms with Crippen molar-refractivity contribution in [2.24, 2.45) is 11.8 Å². The molecule has 4 rings (SSSR count). The first kappa shape index (κ1) is 63.0. The Labute approximate surface area is 441 Å². The molecule has 3 aliphatic rings. The molecule has 75 heavy (non-hydrogen) atoms. The molecule has 0 aromatic carbocycles. The molecule has 0 aliphatic carbocycles. The maximum Gasteiger partial charge on any atom is 0.309 e. The van der Waals surface area contributed by atoms with Crippen molar-refractivity contribution in [2.45, 2.75) is 192 Å². The Kier molecular flexibility index (Phi) is 25.1. The third-order valence-electron chi connectivity index (χ3n) is 14.1. The van der Waals surface area contributed by atoms with Gasteiger partial charge >= 0.3 is 23.9 Å². The van der Waals surface area contributed by atoms with Crippen molar-refractivity contribution in [1.29, 1.82) is 0 Å². The number of hydroxylamine groups is 2. The largest absolute Gasteiger partial charge is 0.462 e. The molecule has 4 heterocycles. The number of aromatic nitrogens is 1. The average Bonchev–Trinajstić information content (AvgIpc) is 3.34. The second-order valence-electron chi connectivity index (χ2n) is 20.4. The van der Waals surface area contributed by atoms with Gasteiger partial charge in [0.1, 0.15) is 36.8 Å². The lowest BCUT2D eigenvalue weighted by molar-refractivity contribution is -0.344. The summed E-state index contributed by atoms with van der Waals surface area (Å²) in [4.78, 5) is 90.6. The number of nitrogens with zero attached hydrogens (tertiary/aromatic N) is 4. The Morgan fingerprint density at radius 3 is 2.27 bits per heavy atom. The van der Waals surface area contributed by atoms with Crippen LogP contribution in [0, 0.1) is 11.8 Å². The first-order chi connectivity index (χ1) is 35.5. The zero-order valence-corrected chi connectivity index (χ0v) is 46.1. The molecule has 22 heteroatoms. The predicted molar refractivity (Wildman–Crippen MR) is 270 cm³/mol. The van der Waals surface area contributed by atoms with Gasteiger partial charge in [-0.3, -0.25) is 33.8 Å². The molecule has 424 valence electrons. The Balaban J connectivity index is 1.70. The number of likely N-dealkylation sites (N-methyl/N-ethyl adjacent to an activating group) is 2. The van der Waals surface area contributed by atoms with Gasteiger partial charge in [0.05, 0.1) is 49.6 Å². The molecule has 0 radical (unpaired) electrons. The Morgan fingerprint density at radius 2 is 1.64 bits per heavy atom. The number of aliphatic hydroxyl groups excluding tert-OH is 2. The number of methoxy groups -OCH3 is 1. The van der Waals surface area contributed by atoms with Crippen molar-refractivity contribution in [3.63, 3.8) is 0 Å². The number of esters is 4. The number of aliphatic hydroxyl groups is 2. The van der Waals surface area contributed by atoms with Crippen molar-refractivity contribution in [3.05, 3.63) is 35.7 Å². The molecule has 0 saturated carbocycles. The van der Waals surface area contributed by atoms with Gasteiger partial charge in [-0.2, -0.15) is 0 Å². The molecule has 22 nitrogen and oxygen atoms in total. The second kappa shape index (κ2) is 29.9. The summed E-state index contributed by atoms with van der Waals surface area (Å²) in [6.45, 7) is 12.2. The summed E-state index contributed by atoms with van der Waals surface area (Å²) < 4.78 is 56.0. The van der Waals surface area contributed by atoms with Gasteiger partial charge in [-0.15, -0.1) is 0 Å². The minimum absolute atomic E-state index is 0.0380. The fraction of sp³-hybridized carbons (Fsp3) is 0.755. The summed E-state index contributed by atoms with van der Waals surface area (Å²) in [5, 5.41) is 25.1. The monoisotopic (exact) mass is 1060 g/mol. The highest BCUT2D eigenvalue weighted by molar-refractivity contribution is 5.93. The number of pyridine rings is 1. The van der Waals surface area contributed by atoms with Crippen molar-refractivity contribution >= 4 is 42.1 Å². The van der Waals surface area contributed by atoms with Crippen LogP contribution in [-0.2, 0) is 71.4 Å². The zero-order chi connectivity index (χ0) is 55.7. The van der Waals surface area contributed by atoms with Crippen molar-refractivity contribution in [1.82, 2.24) is 19.8 Å². The number of hydrogen-bond donors (Lipinski definition) is 2. The fourth-order valence-electron chi connectivity index (χ4n) is 10.1. The average molecular weight is 1070 g/mol. The number of β-amino-alcohol motifs (C(OH)–C–C–N with tert-alkyl or cyclic N) is 1. The quantitative estimate of drug-likeness (QED) is 0.0920. The summed E-state index contributed by atoms with van der Waals surface area (Å²) in [6, 6.07) is 0.809. The molecular formula is C53H84N4O18. The summed E-state index contributed by atoms with van der Waals surface area (Å²) >= 11 is 0. The van der Waals surface area contributed by atoms with E-state index in [1.807, 2.05) is 24.9 Å². The number of hydrogen-bond acceptors (Lipinski definition) is 21. The van der Waals surface area contributed by atoms with Crippen molar-refractivity contribution in [2.75, 3.05) is 55.5 Å². The van der Waals surface area contributed by atoms with E-state index in [2.05, 4.69) is 4.98 Å². The second-order valence-corrected chi connectivity index (χ2v) is 20.4. The predicted octanol–water partition coefficient (Wildman–Crippen LogP) is 3.66. The zero-order valence-electron chi connectivity index (χ0n) is 46.1. The third kappa shape index (κ3) is 18.0. The topological polar surface area (TPSA) is 258 Å². The van der Waals surface area contributed by atoms with Gasteiger partial charge < -0.3 is 67.4 Å². The van der Waals surface area contributed by atoms with E-state index in [-0.39, 0.29) is 51.0 Å². The molecular weight excluding hydrogens is 981 g/mol. The number of rotatable bonds is 18. The fourth-order valence-corrected chi connectivity index (χ4v) is 10.1. The molecule has 5 unspecified atom stereocenters. The van der Waals surface area contributed by atoms with Crippen LogP contribution in [0.3, 0.4) is 0 Å². The van der Waals surface area contributed by atoms with E-state index in [9.17, 15) is 39.0 Å². The van der Waals surface area contributed by atoms with E-state index in [0.29, 0.717) is 30.5 Å². The van der Waals surface area contributed by atoms with E-state index in [4.69, 9.17) is 47.5 Å². The normalized spacial score (nSPS) is 33.8. The van der Waals surface area contributed by atoms with E-state index < -0.39 is 127 Å². The maximum absolute atomic E-state index is 14.2. The van der Waals surface area contributed by atoms with Crippen LogP contribution in [0.15, 0.2) is 24.5 Å². The molecule has 3 aliphatic heterocycles. The Bertz CT molecular complexity index is 2050. The van der Waals surface area contributed by atoms with Crippen LogP contribution in [0.1, 0.15) is 122 Å². The van der Waals surface area contributed by atoms with Crippen molar-refractivity contribution in [3.8, 4) is 0 Å². The van der Waals surface area contributed by atoms with Crippen LogP contribution in [0.5, 0.6) is 0 Å². The van der Waals surface area contributed by atoms with E-state index in [0.717, 1.165) is 11.3 Å². The number of carbonyl (C=O) groups excluding carboxylic acids is 6. The van der Waals surface area contributed by atoms with Gasteiger partial charge in [-0.1, -0.05) is 32.9 Å². The Hall–Kier alpha value is -4.49. The Morgan fingerprint density at radius 1 is 0.947 bits per heavy atom. The standard InChI is InChI=1S/C53H84N4O18/c1-14-41(61)71-40-26-43(63)70-38(19-16-18-35-25-37(29-54-28-35)51(65)57(11)67-13)20-17-22-56(10)30-39(60)31(3)24-36(21-23-58)48(49(40)66-12)74-52-46(64)45(55(8)9)47(32(4)69-52)73-44-27-53(7,75-34(6)59)50(33(5)68-44)72-42(62)15-2/h16,18,23,25,28-29,31-33,36,38-40,44-50,52,60,64H,14-15,17,19-22,24,26-27,30H2,1-13H3/t31-,32?,33?,36+,38+,39+,40-,44+,45?,46?,47-,48+,49+,50+,52+,53?/m1/s1. The van der Waals surface area contributed by atoms with Gasteiger partial charge in [-0.25, -0.2) is 5.06 Å². The minimum Gasteiger partial charge on any atom is -0.462 e. The van der Waals surface area contributed by atoms with E-state index in [1.165, 1.54) is 34.4 Å². The molecule has 2 N–H and O–H groups in total. The minimum atomic E-state index is -1.47. The lowest BCUT2D eigenvalue weighted by atomic mass is 9.82. The van der Waals surface area contributed by atoms with Gasteiger partial charge in [0, 0.05) is 72.1 Å². The summed E-state index contributed by atoms with van der Waals surface area (Å²) in [6.07, 6.45) is -4.51. The molecule has 1 amide bonds. The van der Waals surface area contributed by atoms with Gasteiger partial charge in [0.15, 0.2) is 24.3 Å². The van der Waals surface area contributed by atoms with Crippen LogP contribution in [0.2, 0.25) is 0 Å². The molecule has 0 spiro atoms. The van der Waals surface area contributed by atoms with Crippen LogP contribution >= 0.6 is 0 Å². The molecule has 1 aromatic heterocycles. The lowest BCUT2D eigenvalue weighted by Gasteiger charge is -2.50. The summed E-state index contributed by atoms with van der Waals surface area (Å²) in [5.41, 5.74) is -0.409. The smallest absolute Gasteiger partial charge is 0.309 e. The maximum atomic E-state index is 14.2. The molecule has 1 aromatic rings. The highest BCUT2D eigenvalue weighted by Crippen LogP contribution is 2.39. The highest BCUT2D eigenvalue weighted by atomic mass is 16.7. The van der Waals surface area contributed by atoms with Crippen LogP contribution in [0.25, 0.3) is 6.08 Å². The molecule has 0 bridgehead atoms. The van der Waals surface area contributed by atoms with E-state index in [1.54, 1.807) is 72.0 Å². The first-order valence-electron chi connectivity index (χ1n) is 26.0. The van der Waals surface area contributed by atoms with Crippen LogP contribution in [-0.4, -0.2) is 207 Å². The van der Waals surface area contributed by atoms with Crippen molar-refractivity contribution < 1.29 is 86.4 Å². The van der Waals surface area contributed by atoms with Crippen LogP contribution < -0.4 is 0 Å². The van der Waals surface area contributed by atoms with Gasteiger partial charge in [0.2, 0.25) is 0 Å². The number of cyclic esters (lactones) is 1. The van der Waals surface area contributed by atoms with Crippen LogP contribution in [0.4, 0.5) is 0 Å². The summed E-state index contributed by atoms with van der Waals surface area (Å²) in [7, 11) is 9.58. The van der Waals surface area contributed by atoms with Gasteiger partial charge in [0.25, 0.3) is 5.91 Å². The first-order valence-corrected chi connectivity index (χ1v) is 26.0. The van der Waals surface area contributed by atoms with E-state index >= 15 is 0 Å². The SMILES string of the molecule is CCC(=O)O[C@@H]1CC(=O)O[C@@H](CC=Cc2cncc(C(=O)N(C)OC)c2)CCCN(C)C[C@H](O)[C@H](C)C[C@H](CC=O)[C@H](O[C@@H]2OC(C)[C@@H](O[C@H]3CC(C)(OC(C)=O)[C@@H](OC(=O)CC)C(C)O3)C(N(C)C)C2O)[C@H]1OC. The van der Waals surface area contributed by atoms with Gasteiger partial charge in [-0.05, 0) is 91.2 Å². The number of ether oxygens (including phenoxy) is 9. The molecule has 16 atom stereocenters. The summed E-state index contributed by atoms with van der Waals surface area (Å²) in [5.74, 6) is -4.01. The number of aldehydes is 1. The number of carbonyl (C=O) groups is 6. The third-order valence-corrected chi connectivity index (χ3v) is 14.1. The highest BCUT2D eigenvalue weighted by Gasteiger charge is 2.54.